The van der Waals surface area contributed by atoms with Gasteiger partial charge in [-0.1, -0.05) is 81.3 Å². The maximum Gasteiger partial charge on any atom is 0.338 e. The number of carbonyl (C=O) groups is 4. The van der Waals surface area contributed by atoms with E-state index in [1.54, 1.807) is 97.9 Å². The molecule has 0 N–H and O–H groups in total. The summed E-state index contributed by atoms with van der Waals surface area (Å²) in [6, 6.07) is 19.7. The van der Waals surface area contributed by atoms with Crippen LogP contribution in [0.2, 0.25) is 0 Å². The van der Waals surface area contributed by atoms with Crippen molar-refractivity contribution in [2.45, 2.75) is 13.3 Å². The fourth-order valence-electron chi connectivity index (χ4n) is 3.76. The molecule has 0 aliphatic heterocycles. The Hall–Kier alpha value is -5.24. The molecular weight excluding hydrogens is 548 g/mol. The lowest BCUT2D eigenvalue weighted by atomic mass is 9.92. The van der Waals surface area contributed by atoms with Gasteiger partial charge >= 0.3 is 23.9 Å². The largest absolute Gasteiger partial charge is 0.465 e. The number of ether oxygens (including phenoxy) is 4. The molecule has 8 nitrogen and oxygen atoms in total. The molecule has 0 atom stereocenters. The predicted molar refractivity (Wildman–Crippen MR) is 164 cm³/mol. The van der Waals surface area contributed by atoms with Gasteiger partial charge in [-0.05, 0) is 53.1 Å². The molecule has 0 saturated heterocycles. The third kappa shape index (κ3) is 9.39. The van der Waals surface area contributed by atoms with Crippen LogP contribution in [0.25, 0.3) is 18.2 Å². The van der Waals surface area contributed by atoms with E-state index in [0.29, 0.717) is 0 Å². The van der Waals surface area contributed by atoms with Crippen molar-refractivity contribution in [2.75, 3.05) is 26.4 Å². The Kier molecular flexibility index (Phi) is 11.8. The molecule has 0 saturated carbocycles. The zero-order valence-corrected chi connectivity index (χ0v) is 24.1. The first-order chi connectivity index (χ1) is 20.7. The lowest BCUT2D eigenvalue weighted by molar-refractivity contribution is -0.151. The fourth-order valence-corrected chi connectivity index (χ4v) is 3.76. The molecule has 222 valence electrons. The first kappa shape index (κ1) is 32.3. The number of hydrogen-bond acceptors (Lipinski definition) is 8. The molecule has 3 aromatic rings. The Bertz CT molecular complexity index is 1290. The standard InChI is InChI=1S/C35H34O8/c1-5-25-9-15-28(16-10-25)32(37)41-22-35(21-40-31(36)8-4,23-42-33(38)29-17-11-26(6-2)12-18-29)24-43-34(39)30-19-13-27(7-3)14-20-30/h5-7,9-20H,1-3,8,21-24H2,4H3. The third-order valence-electron chi connectivity index (χ3n) is 6.50. The van der Waals surface area contributed by atoms with Gasteiger partial charge in [-0.3, -0.25) is 4.79 Å². The lowest BCUT2D eigenvalue weighted by Gasteiger charge is -2.31. The summed E-state index contributed by atoms with van der Waals surface area (Å²) in [4.78, 5) is 51.0. The summed E-state index contributed by atoms with van der Waals surface area (Å²) < 4.78 is 22.2. The van der Waals surface area contributed by atoms with E-state index in [9.17, 15) is 19.2 Å². The zero-order valence-electron chi connectivity index (χ0n) is 24.1. The first-order valence-electron chi connectivity index (χ1n) is 13.6. The molecule has 0 unspecified atom stereocenters. The highest BCUT2D eigenvalue weighted by atomic mass is 16.6. The van der Waals surface area contributed by atoms with Crippen LogP contribution < -0.4 is 0 Å². The number of hydrogen-bond donors (Lipinski definition) is 0. The lowest BCUT2D eigenvalue weighted by Crippen LogP contribution is -2.44. The van der Waals surface area contributed by atoms with Crippen LogP contribution in [0.1, 0.15) is 61.1 Å². The van der Waals surface area contributed by atoms with Crippen molar-refractivity contribution in [3.8, 4) is 0 Å². The van der Waals surface area contributed by atoms with Gasteiger partial charge < -0.3 is 18.9 Å². The summed E-state index contributed by atoms with van der Waals surface area (Å²) in [5.74, 6) is -2.54. The topological polar surface area (TPSA) is 105 Å². The van der Waals surface area contributed by atoms with E-state index in [1.165, 1.54) is 0 Å². The van der Waals surface area contributed by atoms with Gasteiger partial charge in [0, 0.05) is 6.42 Å². The van der Waals surface area contributed by atoms with Crippen molar-refractivity contribution in [1.82, 2.24) is 0 Å². The van der Waals surface area contributed by atoms with Gasteiger partial charge in [0.05, 0.1) is 16.7 Å². The maximum absolute atomic E-state index is 12.9. The average Bonchev–Trinajstić information content (AvgIpc) is 3.07. The Morgan fingerprint density at radius 1 is 0.535 bits per heavy atom. The van der Waals surface area contributed by atoms with Gasteiger partial charge in [0.1, 0.15) is 31.8 Å². The van der Waals surface area contributed by atoms with Crippen molar-refractivity contribution >= 4 is 42.1 Å². The molecule has 8 heteroatoms. The van der Waals surface area contributed by atoms with Crippen LogP contribution in [-0.2, 0) is 23.7 Å². The van der Waals surface area contributed by atoms with Gasteiger partial charge in [-0.2, -0.15) is 0 Å². The molecule has 3 aromatic carbocycles. The summed E-state index contributed by atoms with van der Waals surface area (Å²) >= 11 is 0. The maximum atomic E-state index is 12.9. The molecule has 0 amide bonds. The second kappa shape index (κ2) is 15.7. The van der Waals surface area contributed by atoms with Crippen LogP contribution >= 0.6 is 0 Å². The van der Waals surface area contributed by atoms with Gasteiger partial charge in [0.2, 0.25) is 0 Å². The molecule has 0 aliphatic rings. The van der Waals surface area contributed by atoms with Crippen molar-refractivity contribution < 1.29 is 38.1 Å². The van der Waals surface area contributed by atoms with E-state index in [1.807, 2.05) is 0 Å². The van der Waals surface area contributed by atoms with Gasteiger partial charge in [0.15, 0.2) is 0 Å². The quantitative estimate of drug-likeness (QED) is 0.149. The Morgan fingerprint density at radius 3 is 1.07 bits per heavy atom. The highest BCUT2D eigenvalue weighted by Crippen LogP contribution is 2.24. The molecule has 0 spiro atoms. The first-order valence-corrected chi connectivity index (χ1v) is 13.6. The minimum absolute atomic E-state index is 0.0798. The molecule has 0 aliphatic carbocycles. The molecule has 0 fully saturated rings. The van der Waals surface area contributed by atoms with Crippen LogP contribution in [-0.4, -0.2) is 50.3 Å². The average molecular weight is 583 g/mol. The van der Waals surface area contributed by atoms with Crippen LogP contribution in [0, 0.1) is 5.41 Å². The highest BCUT2D eigenvalue weighted by Gasteiger charge is 2.38. The van der Waals surface area contributed by atoms with E-state index in [0.717, 1.165) is 16.7 Å². The van der Waals surface area contributed by atoms with Crippen LogP contribution in [0.3, 0.4) is 0 Å². The Labute approximate surface area is 251 Å². The van der Waals surface area contributed by atoms with E-state index in [-0.39, 0.29) is 29.7 Å². The second-order valence-electron chi connectivity index (χ2n) is 9.72. The summed E-state index contributed by atoms with van der Waals surface area (Å²) in [5, 5.41) is 0. The molecule has 43 heavy (non-hydrogen) atoms. The van der Waals surface area contributed by atoms with Gasteiger partial charge in [-0.25, -0.2) is 14.4 Å². The van der Waals surface area contributed by atoms with Crippen LogP contribution in [0.4, 0.5) is 0 Å². The van der Waals surface area contributed by atoms with Crippen LogP contribution in [0.15, 0.2) is 92.5 Å². The molecular formula is C35H34O8. The monoisotopic (exact) mass is 582 g/mol. The van der Waals surface area contributed by atoms with Crippen molar-refractivity contribution in [3.63, 3.8) is 0 Å². The fraction of sp³-hybridized carbons (Fsp3) is 0.200. The van der Waals surface area contributed by atoms with E-state index in [2.05, 4.69) is 19.7 Å². The second-order valence-corrected chi connectivity index (χ2v) is 9.72. The van der Waals surface area contributed by atoms with Gasteiger partial charge in [0.25, 0.3) is 0 Å². The molecule has 0 bridgehead atoms. The summed E-state index contributed by atoms with van der Waals surface area (Å²) in [6.07, 6.45) is 5.00. The number of benzene rings is 3. The van der Waals surface area contributed by atoms with Crippen molar-refractivity contribution in [1.29, 1.82) is 0 Å². The highest BCUT2D eigenvalue weighted by molar-refractivity contribution is 5.91. The third-order valence-corrected chi connectivity index (χ3v) is 6.50. The normalized spacial score (nSPS) is 10.6. The summed E-state index contributed by atoms with van der Waals surface area (Å²) in [7, 11) is 0. The minimum Gasteiger partial charge on any atom is -0.465 e. The van der Waals surface area contributed by atoms with Crippen LogP contribution in [0.5, 0.6) is 0 Å². The van der Waals surface area contributed by atoms with Crippen molar-refractivity contribution in [2.24, 2.45) is 5.41 Å². The summed E-state index contributed by atoms with van der Waals surface area (Å²) in [6.45, 7) is 11.2. The number of esters is 4. The van der Waals surface area contributed by atoms with Crippen molar-refractivity contribution in [3.05, 3.63) is 126 Å². The predicted octanol–water partition coefficient (Wildman–Crippen LogP) is 6.43. The Morgan fingerprint density at radius 2 is 0.814 bits per heavy atom. The Balaban J connectivity index is 1.86. The smallest absolute Gasteiger partial charge is 0.338 e. The minimum atomic E-state index is -1.42. The zero-order chi connectivity index (χ0) is 31.2. The molecule has 3 rings (SSSR count). The number of rotatable bonds is 15. The van der Waals surface area contributed by atoms with E-state index >= 15 is 0 Å². The SMILES string of the molecule is C=Cc1ccc(C(=O)OCC(COC(=O)CC)(COC(=O)c2ccc(C=C)cc2)COC(=O)c2ccc(C=C)cc2)cc1. The van der Waals surface area contributed by atoms with E-state index < -0.39 is 49.1 Å². The summed E-state index contributed by atoms with van der Waals surface area (Å²) in [5.41, 5.74) is 1.83. The molecule has 0 radical (unpaired) electrons. The van der Waals surface area contributed by atoms with E-state index in [4.69, 9.17) is 18.9 Å². The van der Waals surface area contributed by atoms with Gasteiger partial charge in [-0.15, -0.1) is 0 Å². The molecule has 0 heterocycles. The molecule has 0 aromatic heterocycles. The number of carbonyl (C=O) groups excluding carboxylic acids is 4.